The molecular weight excluding hydrogens is 424 g/mol. The van der Waals surface area contributed by atoms with Gasteiger partial charge in [0.05, 0.1) is 12.2 Å². The monoisotopic (exact) mass is 452 g/mol. The Hall–Kier alpha value is -3.69. The molecule has 0 unspecified atom stereocenters. The second-order valence-electron chi connectivity index (χ2n) is 9.01. The number of piperidine rings is 1. The van der Waals surface area contributed by atoms with Crippen LogP contribution in [0.1, 0.15) is 46.6 Å². The molecule has 1 aromatic carbocycles. The molecule has 1 aliphatic rings. The number of anilines is 1. The molecule has 174 valence electrons. The largest absolute Gasteiger partial charge is 0.444 e. The minimum absolute atomic E-state index is 0.112. The summed E-state index contributed by atoms with van der Waals surface area (Å²) < 4.78 is 13.3. The molecule has 0 aliphatic carbocycles. The number of carbonyl (C=O) groups excluding carboxylic acids is 2. The minimum atomic E-state index is -0.510. The number of ether oxygens (including phenoxy) is 2. The number of hydrogen-bond acceptors (Lipinski definition) is 7. The van der Waals surface area contributed by atoms with Crippen LogP contribution in [0, 0.1) is 0 Å². The predicted molar refractivity (Wildman–Crippen MR) is 122 cm³/mol. The van der Waals surface area contributed by atoms with E-state index in [0.29, 0.717) is 41.4 Å². The van der Waals surface area contributed by atoms with Gasteiger partial charge in [-0.3, -0.25) is 4.79 Å². The first kappa shape index (κ1) is 22.5. The van der Waals surface area contributed by atoms with Gasteiger partial charge in [-0.05, 0) is 57.9 Å². The van der Waals surface area contributed by atoms with Crippen molar-refractivity contribution in [2.45, 2.75) is 52.2 Å². The van der Waals surface area contributed by atoms with Gasteiger partial charge < -0.3 is 19.7 Å². The van der Waals surface area contributed by atoms with Crippen molar-refractivity contribution in [2.75, 3.05) is 18.4 Å². The second-order valence-corrected chi connectivity index (χ2v) is 9.01. The molecule has 1 fully saturated rings. The molecule has 4 rings (SSSR count). The number of likely N-dealkylation sites (tertiary alicyclic amines) is 1. The van der Waals surface area contributed by atoms with Gasteiger partial charge in [-0.15, -0.1) is 0 Å². The van der Waals surface area contributed by atoms with E-state index in [4.69, 9.17) is 9.47 Å². The van der Waals surface area contributed by atoms with Crippen LogP contribution >= 0.6 is 0 Å². The van der Waals surface area contributed by atoms with Crippen LogP contribution in [0.5, 0.6) is 11.6 Å². The van der Waals surface area contributed by atoms with Gasteiger partial charge in [0.25, 0.3) is 0 Å². The Morgan fingerprint density at radius 1 is 1.09 bits per heavy atom. The Kier molecular flexibility index (Phi) is 6.17. The zero-order valence-electron chi connectivity index (χ0n) is 19.2. The van der Waals surface area contributed by atoms with E-state index in [-0.39, 0.29) is 18.0 Å². The maximum absolute atomic E-state index is 12.3. The van der Waals surface area contributed by atoms with Crippen molar-refractivity contribution in [1.29, 1.82) is 0 Å². The average Bonchev–Trinajstić information content (AvgIpc) is 3.19. The van der Waals surface area contributed by atoms with E-state index < -0.39 is 5.60 Å². The summed E-state index contributed by atoms with van der Waals surface area (Å²) in [5, 5.41) is 7.98. The third-order valence-corrected chi connectivity index (χ3v) is 5.21. The number of hydrogen-bond donors (Lipinski definition) is 1. The molecule has 3 heterocycles. The molecule has 0 spiro atoms. The second kappa shape index (κ2) is 9.05. The lowest BCUT2D eigenvalue weighted by atomic mass is 10.1. The highest BCUT2D eigenvalue weighted by molar-refractivity contribution is 5.88. The molecule has 3 aromatic rings. The molecule has 2 aromatic heterocycles. The van der Waals surface area contributed by atoms with E-state index in [9.17, 15) is 9.59 Å². The fraction of sp³-hybridized carbons (Fsp3) is 0.435. The fourth-order valence-electron chi connectivity index (χ4n) is 3.73. The van der Waals surface area contributed by atoms with Crippen molar-refractivity contribution < 1.29 is 19.1 Å². The summed E-state index contributed by atoms with van der Waals surface area (Å²) in [6, 6.07) is 7.15. The van der Waals surface area contributed by atoms with E-state index in [0.717, 1.165) is 12.8 Å². The summed E-state index contributed by atoms with van der Waals surface area (Å²) in [7, 11) is 0. The van der Waals surface area contributed by atoms with Crippen LogP contribution in [0.25, 0.3) is 11.0 Å². The van der Waals surface area contributed by atoms with Gasteiger partial charge in [0.15, 0.2) is 5.65 Å². The number of benzene rings is 1. The molecule has 2 amide bonds. The van der Waals surface area contributed by atoms with Crippen LogP contribution < -0.4 is 10.1 Å². The van der Waals surface area contributed by atoms with E-state index in [2.05, 4.69) is 20.4 Å². The van der Waals surface area contributed by atoms with E-state index in [1.165, 1.54) is 13.3 Å². The van der Waals surface area contributed by atoms with E-state index >= 15 is 0 Å². The average molecular weight is 453 g/mol. The molecule has 0 saturated carbocycles. The fourth-order valence-corrected chi connectivity index (χ4v) is 3.73. The molecule has 33 heavy (non-hydrogen) atoms. The minimum Gasteiger partial charge on any atom is -0.444 e. The third-order valence-electron chi connectivity index (χ3n) is 5.21. The van der Waals surface area contributed by atoms with Crippen molar-refractivity contribution in [3.8, 4) is 11.6 Å². The molecule has 1 aliphatic heterocycles. The van der Waals surface area contributed by atoms with Crippen molar-refractivity contribution in [3.63, 3.8) is 0 Å². The maximum Gasteiger partial charge on any atom is 0.410 e. The molecular formula is C23H28N6O4. The number of fused-ring (bicyclic) bond motifs is 1. The lowest BCUT2D eigenvalue weighted by molar-refractivity contribution is -0.114. The van der Waals surface area contributed by atoms with Crippen LogP contribution in [-0.2, 0) is 9.53 Å². The first-order valence-electron chi connectivity index (χ1n) is 10.9. The lowest BCUT2D eigenvalue weighted by Gasteiger charge is -2.33. The molecule has 1 N–H and O–H groups in total. The zero-order valence-corrected chi connectivity index (χ0v) is 19.2. The van der Waals surface area contributed by atoms with Gasteiger partial charge in [0, 0.05) is 25.7 Å². The highest BCUT2D eigenvalue weighted by Crippen LogP contribution is 2.31. The van der Waals surface area contributed by atoms with Crippen molar-refractivity contribution >= 4 is 28.7 Å². The number of rotatable bonds is 4. The summed E-state index contributed by atoms with van der Waals surface area (Å²) in [6.45, 7) is 8.24. The topological polar surface area (TPSA) is 111 Å². The lowest BCUT2D eigenvalue weighted by Crippen LogP contribution is -2.42. The van der Waals surface area contributed by atoms with Gasteiger partial charge >= 0.3 is 6.09 Å². The SMILES string of the molecule is CC(=O)Nc1ccc(Oc2ncnc3c2cnn3C2CCN(C(=O)OC(C)(C)C)CC2)cc1. The standard InChI is InChI=1S/C23H28N6O4/c1-15(30)27-16-5-7-18(8-6-16)32-21-19-13-26-29(20(19)24-14-25-21)17-9-11-28(12-10-17)22(31)33-23(2,3)4/h5-8,13-14,17H,9-12H2,1-4H3,(H,27,30). The molecule has 1 saturated heterocycles. The van der Waals surface area contributed by atoms with Gasteiger partial charge in [-0.25, -0.2) is 19.4 Å². The van der Waals surface area contributed by atoms with Crippen LogP contribution in [0.15, 0.2) is 36.8 Å². The summed E-state index contributed by atoms with van der Waals surface area (Å²) in [5.74, 6) is 0.859. The number of nitrogens with zero attached hydrogens (tertiary/aromatic N) is 5. The van der Waals surface area contributed by atoms with Crippen molar-refractivity contribution in [3.05, 3.63) is 36.8 Å². The molecule has 0 bridgehead atoms. The third kappa shape index (κ3) is 5.39. The summed E-state index contributed by atoms with van der Waals surface area (Å²) >= 11 is 0. The normalized spacial score (nSPS) is 14.8. The van der Waals surface area contributed by atoms with Crippen LogP contribution in [0.2, 0.25) is 0 Å². The van der Waals surface area contributed by atoms with Gasteiger partial charge in [0.1, 0.15) is 23.1 Å². The molecule has 10 nitrogen and oxygen atoms in total. The number of carbonyl (C=O) groups is 2. The van der Waals surface area contributed by atoms with Gasteiger partial charge in [0.2, 0.25) is 11.8 Å². The first-order chi connectivity index (χ1) is 15.7. The van der Waals surface area contributed by atoms with E-state index in [1.54, 1.807) is 35.4 Å². The molecule has 10 heteroatoms. The number of nitrogens with one attached hydrogen (secondary N) is 1. The quantitative estimate of drug-likeness (QED) is 0.633. The highest BCUT2D eigenvalue weighted by atomic mass is 16.6. The first-order valence-corrected chi connectivity index (χ1v) is 10.9. The molecule has 0 atom stereocenters. The summed E-state index contributed by atoms with van der Waals surface area (Å²) in [6.07, 6.45) is 4.38. The van der Waals surface area contributed by atoms with Gasteiger partial charge in [-0.1, -0.05) is 0 Å². The summed E-state index contributed by atoms with van der Waals surface area (Å²) in [4.78, 5) is 34.0. The Bertz CT molecular complexity index is 1140. The van der Waals surface area contributed by atoms with Crippen LogP contribution in [0.3, 0.4) is 0 Å². The number of amides is 2. The van der Waals surface area contributed by atoms with E-state index in [1.807, 2.05) is 25.5 Å². The van der Waals surface area contributed by atoms with Crippen molar-refractivity contribution in [2.24, 2.45) is 0 Å². The van der Waals surface area contributed by atoms with Crippen LogP contribution in [0.4, 0.5) is 10.5 Å². The Morgan fingerprint density at radius 3 is 2.42 bits per heavy atom. The van der Waals surface area contributed by atoms with Crippen LogP contribution in [-0.4, -0.2) is 55.3 Å². The Labute approximate surface area is 191 Å². The maximum atomic E-state index is 12.3. The summed E-state index contributed by atoms with van der Waals surface area (Å²) in [5.41, 5.74) is 0.864. The highest BCUT2D eigenvalue weighted by Gasteiger charge is 2.29. The van der Waals surface area contributed by atoms with Crippen molar-refractivity contribution in [1.82, 2.24) is 24.6 Å². The smallest absolute Gasteiger partial charge is 0.410 e. The predicted octanol–water partition coefficient (Wildman–Crippen LogP) is 4.15. The zero-order chi connectivity index (χ0) is 23.6. The Morgan fingerprint density at radius 2 is 1.79 bits per heavy atom. The molecule has 0 radical (unpaired) electrons. The Balaban J connectivity index is 1.46. The number of aromatic nitrogens is 4. The van der Waals surface area contributed by atoms with Gasteiger partial charge in [-0.2, -0.15) is 5.10 Å².